The second kappa shape index (κ2) is 11.5. The van der Waals surface area contributed by atoms with Crippen molar-refractivity contribution in [1.82, 2.24) is 0 Å². The molecule has 1 unspecified atom stereocenters. The number of aliphatic hydroxyl groups is 1. The number of rotatable bonds is 9. The highest BCUT2D eigenvalue weighted by atomic mass is 35.5. The molecule has 1 atom stereocenters. The summed E-state index contributed by atoms with van der Waals surface area (Å²) in [5.41, 5.74) is -3.99. The van der Waals surface area contributed by atoms with E-state index < -0.39 is 34.3 Å². The Labute approximate surface area is 240 Å². The van der Waals surface area contributed by atoms with Gasteiger partial charge in [0, 0.05) is 16.1 Å². The number of carbonyl (C=O) groups excluding carboxylic acids is 3. The molecule has 0 heterocycles. The van der Waals surface area contributed by atoms with E-state index in [-0.39, 0.29) is 45.3 Å². The van der Waals surface area contributed by atoms with E-state index in [0.29, 0.717) is 10.8 Å². The van der Waals surface area contributed by atoms with Crippen LogP contribution in [0, 0.1) is 0 Å². The second-order valence-corrected chi connectivity index (χ2v) is 9.19. The monoisotopic (exact) mass is 582 g/mol. The molecule has 0 aliphatic heterocycles. The summed E-state index contributed by atoms with van der Waals surface area (Å²) < 4.78 is 32.4. The lowest BCUT2D eigenvalue weighted by molar-refractivity contribution is -0.138. The van der Waals surface area contributed by atoms with E-state index >= 15 is 0 Å². The van der Waals surface area contributed by atoms with Crippen LogP contribution in [0.15, 0.2) is 59.7 Å². The van der Waals surface area contributed by atoms with Crippen molar-refractivity contribution in [2.75, 3.05) is 42.7 Å². The molecule has 3 aromatic carbocycles. The average Bonchev–Trinajstić information content (AvgIpc) is 3.00. The average molecular weight is 583 g/mol. The molecule has 1 N–H and O–H groups in total. The Balaban J connectivity index is 2.23. The molecule has 0 aromatic heterocycles. The van der Waals surface area contributed by atoms with Gasteiger partial charge in [0.05, 0.1) is 59.4 Å². The molecule has 0 saturated heterocycles. The lowest BCUT2D eigenvalue weighted by Gasteiger charge is -2.38. The van der Waals surface area contributed by atoms with Crippen LogP contribution in [0.2, 0.25) is 5.02 Å². The number of halogens is 1. The van der Waals surface area contributed by atoms with Gasteiger partial charge in [0.1, 0.15) is 0 Å². The Morgan fingerprint density at radius 1 is 0.756 bits per heavy atom. The first-order chi connectivity index (χ1) is 19.6. The number of ketones is 2. The van der Waals surface area contributed by atoms with E-state index in [1.165, 1.54) is 84.1 Å². The molecule has 11 heteroatoms. The number of hydrogen-bond acceptors (Lipinski definition) is 10. The molecule has 41 heavy (non-hydrogen) atoms. The lowest BCUT2D eigenvalue weighted by atomic mass is 9.68. The molecule has 3 aromatic rings. The number of esters is 1. The molecule has 10 nitrogen and oxygen atoms in total. The van der Waals surface area contributed by atoms with Crippen molar-refractivity contribution in [3.05, 3.63) is 87.0 Å². The van der Waals surface area contributed by atoms with Crippen LogP contribution < -0.4 is 23.7 Å². The molecule has 0 bridgehead atoms. The number of allylic oxidation sites excluding steroid dienone is 1. The fourth-order valence-corrected chi connectivity index (χ4v) is 5.04. The van der Waals surface area contributed by atoms with Crippen LogP contribution >= 0.6 is 11.6 Å². The van der Waals surface area contributed by atoms with E-state index in [0.717, 1.165) is 7.11 Å². The molecule has 1 aliphatic carbocycles. The van der Waals surface area contributed by atoms with Crippen molar-refractivity contribution in [2.24, 2.45) is 0 Å². The van der Waals surface area contributed by atoms with Gasteiger partial charge in [-0.3, -0.25) is 9.59 Å². The molecule has 1 aliphatic rings. The van der Waals surface area contributed by atoms with Crippen molar-refractivity contribution in [2.45, 2.75) is 5.60 Å². The number of ether oxygens (including phenoxy) is 6. The fraction of sp³-hybridized carbons (Fsp3) is 0.233. The van der Waals surface area contributed by atoms with E-state index in [9.17, 15) is 19.5 Å². The van der Waals surface area contributed by atoms with E-state index in [4.69, 9.17) is 40.0 Å². The SMILES string of the molecule is COC(=O)C1=C(C(=O)c2ccc(Cl)cc2)C(=O)c2cc(OC)c(OC)c(OC)c2C1(O)c1ccc(OC)c(OC)c1. The number of hydrogen-bond donors (Lipinski definition) is 1. The highest BCUT2D eigenvalue weighted by Gasteiger charge is 2.54. The number of Topliss-reactive ketones (excluding diaryl/α,β-unsaturated/α-hetero) is 2. The van der Waals surface area contributed by atoms with Crippen molar-refractivity contribution < 1.29 is 47.9 Å². The first-order valence-electron chi connectivity index (χ1n) is 12.1. The van der Waals surface area contributed by atoms with E-state index in [1.54, 1.807) is 0 Å². The van der Waals surface area contributed by atoms with Gasteiger partial charge in [-0.1, -0.05) is 17.7 Å². The zero-order valence-corrected chi connectivity index (χ0v) is 23.9. The third-order valence-corrected chi connectivity index (χ3v) is 7.05. The van der Waals surface area contributed by atoms with Crippen LogP contribution in [0.5, 0.6) is 28.7 Å². The van der Waals surface area contributed by atoms with Crippen LogP contribution in [0.4, 0.5) is 0 Å². The summed E-state index contributed by atoms with van der Waals surface area (Å²) in [6.07, 6.45) is 0. The van der Waals surface area contributed by atoms with Crippen molar-refractivity contribution in [3.63, 3.8) is 0 Å². The van der Waals surface area contributed by atoms with E-state index in [1.807, 2.05) is 0 Å². The maximum Gasteiger partial charge on any atom is 0.338 e. The predicted molar refractivity (Wildman–Crippen MR) is 148 cm³/mol. The quantitative estimate of drug-likeness (QED) is 0.223. The van der Waals surface area contributed by atoms with Crippen LogP contribution in [0.3, 0.4) is 0 Å². The molecule has 214 valence electrons. The van der Waals surface area contributed by atoms with Gasteiger partial charge >= 0.3 is 5.97 Å². The van der Waals surface area contributed by atoms with Gasteiger partial charge in [-0.05, 0) is 48.0 Å². The summed E-state index contributed by atoms with van der Waals surface area (Å²) >= 11 is 6.01. The van der Waals surface area contributed by atoms with Gasteiger partial charge < -0.3 is 33.5 Å². The summed E-state index contributed by atoms with van der Waals surface area (Å²) in [5.74, 6) is -2.29. The van der Waals surface area contributed by atoms with Crippen molar-refractivity contribution in [1.29, 1.82) is 0 Å². The Kier molecular flexibility index (Phi) is 8.27. The minimum Gasteiger partial charge on any atom is -0.493 e. The van der Waals surface area contributed by atoms with Gasteiger partial charge in [-0.2, -0.15) is 0 Å². The first kappa shape index (κ1) is 29.4. The van der Waals surface area contributed by atoms with Crippen LogP contribution in [-0.2, 0) is 15.1 Å². The third-order valence-electron chi connectivity index (χ3n) is 6.80. The fourth-order valence-electron chi connectivity index (χ4n) is 4.91. The van der Waals surface area contributed by atoms with Gasteiger partial charge in [0.15, 0.2) is 40.2 Å². The van der Waals surface area contributed by atoms with Crippen molar-refractivity contribution >= 4 is 29.1 Å². The molecular formula is C30H27ClO10. The zero-order valence-electron chi connectivity index (χ0n) is 23.1. The summed E-state index contributed by atoms with van der Waals surface area (Å²) in [5, 5.41) is 13.2. The van der Waals surface area contributed by atoms with Gasteiger partial charge in [0.2, 0.25) is 5.75 Å². The minimum atomic E-state index is -2.50. The highest BCUT2D eigenvalue weighted by Crippen LogP contribution is 2.55. The second-order valence-electron chi connectivity index (χ2n) is 8.75. The van der Waals surface area contributed by atoms with Gasteiger partial charge in [-0.15, -0.1) is 0 Å². The van der Waals surface area contributed by atoms with Gasteiger partial charge in [-0.25, -0.2) is 4.79 Å². The topological polar surface area (TPSA) is 127 Å². The molecule has 0 saturated carbocycles. The largest absolute Gasteiger partial charge is 0.493 e. The third kappa shape index (κ3) is 4.64. The highest BCUT2D eigenvalue weighted by molar-refractivity contribution is 6.36. The minimum absolute atomic E-state index is 0.0382. The smallest absolute Gasteiger partial charge is 0.338 e. The summed E-state index contributed by atoms with van der Waals surface area (Å²) in [7, 11) is 7.90. The predicted octanol–water partition coefficient (Wildman–Crippen LogP) is 4.17. The zero-order chi connectivity index (χ0) is 30.1. The standard InChI is InChI=1S/C30H27ClO10/c1-36-19-12-9-16(13-20(19)37-2)30(35)23-18(14-21(38-3)27(39-4)28(23)40-5)26(33)22(24(30)29(34)41-6)25(32)15-7-10-17(31)11-8-15/h7-14,35H,1-6H3. The van der Waals surface area contributed by atoms with Crippen LogP contribution in [0.1, 0.15) is 31.8 Å². The molecule has 0 spiro atoms. The van der Waals surface area contributed by atoms with Gasteiger partial charge in [0.25, 0.3) is 0 Å². The summed E-state index contributed by atoms with van der Waals surface area (Å²) in [6, 6.07) is 11.4. The Hall–Kier alpha value is -4.54. The Bertz CT molecular complexity index is 1580. The number of carbonyl (C=O) groups is 3. The molecule has 0 radical (unpaired) electrons. The lowest BCUT2D eigenvalue weighted by Crippen LogP contribution is -2.43. The molecular weight excluding hydrogens is 556 g/mol. The first-order valence-corrected chi connectivity index (χ1v) is 12.5. The number of methoxy groups -OCH3 is 6. The molecule has 0 amide bonds. The summed E-state index contributed by atoms with van der Waals surface area (Å²) in [4.78, 5) is 41.7. The normalized spacial score (nSPS) is 16.0. The molecule has 0 fully saturated rings. The Morgan fingerprint density at radius 2 is 1.37 bits per heavy atom. The Morgan fingerprint density at radius 3 is 1.90 bits per heavy atom. The van der Waals surface area contributed by atoms with Crippen LogP contribution in [-0.4, -0.2) is 65.3 Å². The van der Waals surface area contributed by atoms with E-state index in [2.05, 4.69) is 0 Å². The van der Waals surface area contributed by atoms with Crippen molar-refractivity contribution in [3.8, 4) is 28.7 Å². The number of benzene rings is 3. The van der Waals surface area contributed by atoms with Crippen LogP contribution in [0.25, 0.3) is 0 Å². The maximum atomic E-state index is 14.2. The maximum absolute atomic E-state index is 14.2. The molecule has 4 rings (SSSR count). The summed E-state index contributed by atoms with van der Waals surface area (Å²) in [6.45, 7) is 0. The number of fused-ring (bicyclic) bond motifs is 1.